The predicted octanol–water partition coefficient (Wildman–Crippen LogP) is 2.29. The van der Waals surface area contributed by atoms with Crippen LogP contribution in [0.3, 0.4) is 0 Å². The Labute approximate surface area is 200 Å². The second-order valence-corrected chi connectivity index (χ2v) is 8.87. The van der Waals surface area contributed by atoms with Gasteiger partial charge in [0.2, 0.25) is 11.8 Å². The minimum atomic E-state index is -1.02. The Bertz CT molecular complexity index is 943. The molecule has 34 heavy (non-hydrogen) atoms. The lowest BCUT2D eigenvalue weighted by Gasteiger charge is -2.32. The van der Waals surface area contributed by atoms with E-state index in [9.17, 15) is 19.2 Å². The Balaban J connectivity index is 2.25. The van der Waals surface area contributed by atoms with E-state index in [0.29, 0.717) is 11.1 Å². The number of hydrogen-bond acceptors (Lipinski definition) is 6. The van der Waals surface area contributed by atoms with Gasteiger partial charge >= 0.3 is 12.1 Å². The van der Waals surface area contributed by atoms with E-state index in [0.717, 1.165) is 12.8 Å². The third kappa shape index (κ3) is 8.10. The first-order chi connectivity index (χ1) is 16.1. The summed E-state index contributed by atoms with van der Waals surface area (Å²) >= 11 is 0. The highest BCUT2D eigenvalue weighted by atomic mass is 16.6. The molecular formula is C25H33N3O6. The Morgan fingerprint density at radius 1 is 1.18 bits per heavy atom. The quantitative estimate of drug-likeness (QED) is 0.400. The molecule has 1 atom stereocenters. The fourth-order valence-electron chi connectivity index (χ4n) is 3.37. The molecule has 1 aromatic rings. The highest BCUT2D eigenvalue weighted by Crippen LogP contribution is 2.36. The molecule has 0 bridgehead atoms. The molecule has 1 unspecified atom stereocenters. The summed E-state index contributed by atoms with van der Waals surface area (Å²) in [5.41, 5.74) is 0.263. The third-order valence-corrected chi connectivity index (χ3v) is 4.88. The van der Waals surface area contributed by atoms with Gasteiger partial charge in [0.05, 0.1) is 13.0 Å². The van der Waals surface area contributed by atoms with Crippen LogP contribution in [0.1, 0.15) is 64.1 Å². The number of esters is 1. The van der Waals surface area contributed by atoms with Gasteiger partial charge in [0.25, 0.3) is 0 Å². The van der Waals surface area contributed by atoms with E-state index in [2.05, 4.69) is 16.6 Å². The Kier molecular flexibility index (Phi) is 9.48. The number of nitrogens with zero attached hydrogens (tertiary/aromatic N) is 1. The van der Waals surface area contributed by atoms with Crippen LogP contribution in [0, 0.1) is 12.3 Å². The van der Waals surface area contributed by atoms with Crippen molar-refractivity contribution in [2.75, 3.05) is 19.7 Å². The Morgan fingerprint density at radius 2 is 1.85 bits per heavy atom. The van der Waals surface area contributed by atoms with E-state index >= 15 is 0 Å². The van der Waals surface area contributed by atoms with Crippen molar-refractivity contribution >= 4 is 23.9 Å². The second kappa shape index (κ2) is 12.1. The third-order valence-electron chi connectivity index (χ3n) is 4.88. The van der Waals surface area contributed by atoms with Crippen molar-refractivity contribution in [2.24, 2.45) is 0 Å². The lowest BCUT2D eigenvalue weighted by atomic mass is 9.98. The van der Waals surface area contributed by atoms with Gasteiger partial charge < -0.3 is 25.0 Å². The van der Waals surface area contributed by atoms with Gasteiger partial charge in [0, 0.05) is 18.2 Å². The van der Waals surface area contributed by atoms with Crippen LogP contribution in [0.2, 0.25) is 0 Å². The van der Waals surface area contributed by atoms with E-state index in [1.54, 1.807) is 52.0 Å². The minimum Gasteiger partial charge on any atom is -0.466 e. The van der Waals surface area contributed by atoms with E-state index in [1.165, 1.54) is 4.90 Å². The van der Waals surface area contributed by atoms with Crippen LogP contribution >= 0.6 is 0 Å². The first-order valence-electron chi connectivity index (χ1n) is 11.3. The van der Waals surface area contributed by atoms with E-state index in [-0.39, 0.29) is 32.2 Å². The summed E-state index contributed by atoms with van der Waals surface area (Å²) < 4.78 is 10.1. The zero-order chi connectivity index (χ0) is 25.3. The predicted molar refractivity (Wildman–Crippen MR) is 125 cm³/mol. The summed E-state index contributed by atoms with van der Waals surface area (Å²) in [4.78, 5) is 51.7. The number of benzene rings is 1. The zero-order valence-corrected chi connectivity index (χ0v) is 20.2. The van der Waals surface area contributed by atoms with Gasteiger partial charge in [0.1, 0.15) is 18.2 Å². The lowest BCUT2D eigenvalue weighted by Crippen LogP contribution is -2.49. The number of hydrogen-bond donors (Lipinski definition) is 2. The molecule has 1 aromatic carbocycles. The van der Waals surface area contributed by atoms with Gasteiger partial charge in [-0.25, -0.2) is 4.79 Å². The van der Waals surface area contributed by atoms with Crippen LogP contribution in [0.25, 0.3) is 0 Å². The van der Waals surface area contributed by atoms with Gasteiger partial charge in [0.15, 0.2) is 0 Å². The molecule has 9 heteroatoms. The number of carbonyl (C=O) groups excluding carboxylic acids is 4. The smallest absolute Gasteiger partial charge is 0.408 e. The largest absolute Gasteiger partial charge is 0.466 e. The minimum absolute atomic E-state index is 0.000655. The maximum atomic E-state index is 13.3. The molecule has 0 spiro atoms. The first-order valence-corrected chi connectivity index (χ1v) is 11.3. The zero-order valence-electron chi connectivity index (χ0n) is 20.2. The number of nitrogens with one attached hydrogen (secondary N) is 2. The standard InChI is InChI=1S/C25H33N3O6/c1-6-17-10-8-9-11-19(17)22(23(31)26-15-14-21(30)33-7-2)28(18-12-13-18)20(29)16-27-24(32)34-25(3,4)5/h1,8-11,18,22H,7,12-16H2,2-5H3,(H,26,31)(H,27,32). The maximum absolute atomic E-state index is 13.3. The summed E-state index contributed by atoms with van der Waals surface area (Å²) in [6.07, 6.45) is 6.39. The normalized spacial score (nSPS) is 13.7. The molecule has 3 amide bonds. The van der Waals surface area contributed by atoms with Crippen molar-refractivity contribution in [1.82, 2.24) is 15.5 Å². The lowest BCUT2D eigenvalue weighted by molar-refractivity contribution is -0.144. The summed E-state index contributed by atoms with van der Waals surface area (Å²) in [6.45, 7) is 6.83. The molecule has 1 aliphatic carbocycles. The molecule has 0 saturated heterocycles. The van der Waals surface area contributed by atoms with E-state index < -0.39 is 35.5 Å². The van der Waals surface area contributed by atoms with Crippen LogP contribution in [-0.2, 0) is 23.9 Å². The average molecular weight is 472 g/mol. The number of rotatable bonds is 10. The molecule has 0 aliphatic heterocycles. The molecular weight excluding hydrogens is 438 g/mol. The van der Waals surface area contributed by atoms with Crippen molar-refractivity contribution < 1.29 is 28.7 Å². The van der Waals surface area contributed by atoms with Crippen LogP contribution in [0.5, 0.6) is 0 Å². The van der Waals surface area contributed by atoms with Crippen LogP contribution < -0.4 is 10.6 Å². The van der Waals surface area contributed by atoms with Gasteiger partial charge in [-0.3, -0.25) is 14.4 Å². The first kappa shape index (κ1) is 26.7. The van der Waals surface area contributed by atoms with Crippen molar-refractivity contribution in [2.45, 2.75) is 64.6 Å². The molecule has 2 N–H and O–H groups in total. The van der Waals surface area contributed by atoms with Crippen LogP contribution in [0.15, 0.2) is 24.3 Å². The Hall–Kier alpha value is -3.54. The number of carbonyl (C=O) groups is 4. The summed E-state index contributed by atoms with van der Waals surface area (Å²) in [5.74, 6) is 1.23. The van der Waals surface area contributed by atoms with Crippen molar-refractivity contribution in [1.29, 1.82) is 0 Å². The highest BCUT2D eigenvalue weighted by Gasteiger charge is 2.42. The number of alkyl carbamates (subject to hydrolysis) is 1. The molecule has 9 nitrogen and oxygen atoms in total. The average Bonchev–Trinajstić information content (AvgIpc) is 3.59. The van der Waals surface area contributed by atoms with E-state index in [1.807, 2.05) is 0 Å². The van der Waals surface area contributed by atoms with Crippen molar-refractivity contribution in [3.63, 3.8) is 0 Å². The molecule has 1 aliphatic rings. The summed E-state index contributed by atoms with van der Waals surface area (Å²) in [7, 11) is 0. The van der Waals surface area contributed by atoms with E-state index in [4.69, 9.17) is 15.9 Å². The molecule has 184 valence electrons. The fourth-order valence-corrected chi connectivity index (χ4v) is 3.37. The second-order valence-electron chi connectivity index (χ2n) is 8.87. The SMILES string of the molecule is C#Cc1ccccc1C(C(=O)NCCC(=O)OCC)N(C(=O)CNC(=O)OC(C)(C)C)C1CC1. The van der Waals surface area contributed by atoms with Gasteiger partial charge in [-0.2, -0.15) is 0 Å². The summed E-state index contributed by atoms with van der Waals surface area (Å²) in [6, 6.07) is 5.71. The number of amides is 3. The molecule has 1 saturated carbocycles. The fraction of sp³-hybridized carbons (Fsp3) is 0.520. The topological polar surface area (TPSA) is 114 Å². The van der Waals surface area contributed by atoms with Gasteiger partial charge in [-0.05, 0) is 52.2 Å². The molecule has 1 fully saturated rings. The molecule has 0 heterocycles. The molecule has 0 aromatic heterocycles. The van der Waals surface area contributed by atoms with Crippen LogP contribution in [-0.4, -0.2) is 60.1 Å². The van der Waals surface area contributed by atoms with Crippen molar-refractivity contribution in [3.05, 3.63) is 35.4 Å². The number of ether oxygens (including phenoxy) is 2. The van der Waals surface area contributed by atoms with Gasteiger partial charge in [-0.15, -0.1) is 6.42 Å². The Morgan fingerprint density at radius 3 is 2.44 bits per heavy atom. The summed E-state index contributed by atoms with van der Waals surface area (Å²) in [5, 5.41) is 5.18. The van der Waals surface area contributed by atoms with Crippen LogP contribution in [0.4, 0.5) is 4.79 Å². The van der Waals surface area contributed by atoms with Gasteiger partial charge in [-0.1, -0.05) is 24.1 Å². The monoisotopic (exact) mass is 471 g/mol. The maximum Gasteiger partial charge on any atom is 0.408 e. The molecule has 2 rings (SSSR count). The number of terminal acetylenes is 1. The van der Waals surface area contributed by atoms with Crippen molar-refractivity contribution in [3.8, 4) is 12.3 Å². The highest BCUT2D eigenvalue weighted by molar-refractivity contribution is 5.91. The molecule has 0 radical (unpaired) electrons.